The van der Waals surface area contributed by atoms with Gasteiger partial charge in [-0.1, -0.05) is 47.0 Å². The molecule has 0 aliphatic carbocycles. The highest BCUT2D eigenvalue weighted by Gasteiger charge is 2.26. The number of halogens is 2. The SMILES string of the molecule is C#C/C=C\C[C@H]1O[C@@H](C(Br)CC)C/C=C\C[C@H]1Cl. The second kappa shape index (κ2) is 8.80. The summed E-state index contributed by atoms with van der Waals surface area (Å²) in [6.07, 6.45) is 17.0. The predicted molar refractivity (Wildman–Crippen MR) is 82.3 cm³/mol. The molecule has 0 saturated heterocycles. The average Bonchev–Trinajstić information content (AvgIpc) is 2.37. The summed E-state index contributed by atoms with van der Waals surface area (Å²) in [5.74, 6) is 2.49. The van der Waals surface area contributed by atoms with Crippen molar-refractivity contribution in [1.29, 1.82) is 0 Å². The first-order chi connectivity index (χ1) is 8.69. The fourth-order valence-corrected chi connectivity index (χ4v) is 2.55. The van der Waals surface area contributed by atoms with E-state index in [2.05, 4.69) is 40.9 Å². The molecule has 100 valence electrons. The Morgan fingerprint density at radius 3 is 2.94 bits per heavy atom. The van der Waals surface area contributed by atoms with Gasteiger partial charge in [0.1, 0.15) is 0 Å². The van der Waals surface area contributed by atoms with Gasteiger partial charge in [0.05, 0.1) is 17.6 Å². The first-order valence-electron chi connectivity index (χ1n) is 6.38. The molecule has 0 aromatic rings. The standard InChI is InChI=1S/C15H20BrClO/c1-3-5-6-11-15-13(17)9-7-8-10-14(18-15)12(16)4-2/h1,5-8,12-15H,4,9-11H2,2H3/b6-5-,8-7-/t12?,13-,14-,15-/m1/s1. The van der Waals surface area contributed by atoms with Crippen molar-refractivity contribution in [2.45, 2.75) is 55.0 Å². The van der Waals surface area contributed by atoms with Gasteiger partial charge in [0, 0.05) is 4.83 Å². The molecule has 3 heteroatoms. The summed E-state index contributed by atoms with van der Waals surface area (Å²) < 4.78 is 6.15. The molecular weight excluding hydrogens is 312 g/mol. The van der Waals surface area contributed by atoms with Gasteiger partial charge in [-0.15, -0.1) is 18.0 Å². The molecule has 1 rings (SSSR count). The van der Waals surface area contributed by atoms with Crippen LogP contribution in [0.5, 0.6) is 0 Å². The molecule has 0 aromatic carbocycles. The fourth-order valence-electron chi connectivity index (χ4n) is 1.94. The van der Waals surface area contributed by atoms with E-state index in [0.29, 0.717) is 4.83 Å². The lowest BCUT2D eigenvalue weighted by atomic mass is 10.0. The average molecular weight is 332 g/mol. The Labute approximate surface area is 124 Å². The number of ether oxygens (including phenoxy) is 1. The van der Waals surface area contributed by atoms with Crippen LogP contribution in [0.1, 0.15) is 32.6 Å². The van der Waals surface area contributed by atoms with Crippen molar-refractivity contribution in [3.8, 4) is 12.3 Å². The Morgan fingerprint density at radius 2 is 2.28 bits per heavy atom. The van der Waals surface area contributed by atoms with Crippen LogP contribution >= 0.6 is 27.5 Å². The molecule has 1 nitrogen and oxygen atoms in total. The Kier molecular flexibility index (Phi) is 7.74. The molecular formula is C15H20BrClO. The maximum absolute atomic E-state index is 6.37. The number of hydrogen-bond donors (Lipinski definition) is 0. The van der Waals surface area contributed by atoms with Gasteiger partial charge in [-0.25, -0.2) is 0 Å². The number of hydrogen-bond acceptors (Lipinski definition) is 1. The van der Waals surface area contributed by atoms with Gasteiger partial charge in [-0.05, 0) is 31.8 Å². The van der Waals surface area contributed by atoms with Crippen molar-refractivity contribution in [2.24, 2.45) is 0 Å². The second-order valence-electron chi connectivity index (χ2n) is 4.40. The second-order valence-corrected chi connectivity index (χ2v) is 6.14. The Bertz CT molecular complexity index is 332. The van der Waals surface area contributed by atoms with Crippen LogP contribution in [0.4, 0.5) is 0 Å². The van der Waals surface area contributed by atoms with Gasteiger partial charge in [-0.2, -0.15) is 0 Å². The summed E-state index contributed by atoms with van der Waals surface area (Å²) in [6.45, 7) is 2.15. The van der Waals surface area contributed by atoms with E-state index in [9.17, 15) is 0 Å². The minimum atomic E-state index is 0.00281. The van der Waals surface area contributed by atoms with Gasteiger partial charge in [-0.3, -0.25) is 0 Å². The third-order valence-corrected chi connectivity index (χ3v) is 4.72. The van der Waals surface area contributed by atoms with E-state index in [4.69, 9.17) is 22.8 Å². The summed E-state index contributed by atoms with van der Waals surface area (Å²) >= 11 is 10.1. The fraction of sp³-hybridized carbons (Fsp3) is 0.600. The van der Waals surface area contributed by atoms with Gasteiger partial charge in [0.25, 0.3) is 0 Å². The smallest absolute Gasteiger partial charge is 0.0780 e. The summed E-state index contributed by atoms with van der Waals surface area (Å²) in [5.41, 5.74) is 0. The zero-order valence-corrected chi connectivity index (χ0v) is 13.0. The lowest BCUT2D eigenvalue weighted by molar-refractivity contribution is -0.0122. The van der Waals surface area contributed by atoms with E-state index >= 15 is 0 Å². The Balaban J connectivity index is 2.69. The monoisotopic (exact) mass is 330 g/mol. The van der Waals surface area contributed by atoms with Gasteiger partial charge in [0.15, 0.2) is 0 Å². The normalized spacial score (nSPS) is 32.4. The lowest BCUT2D eigenvalue weighted by Gasteiger charge is -2.30. The zero-order chi connectivity index (χ0) is 13.4. The van der Waals surface area contributed by atoms with Crippen LogP contribution in [0.15, 0.2) is 24.3 Å². The maximum Gasteiger partial charge on any atom is 0.0780 e. The number of rotatable bonds is 4. The molecule has 0 saturated carbocycles. The third kappa shape index (κ3) is 5.18. The number of alkyl halides is 2. The molecule has 18 heavy (non-hydrogen) atoms. The quantitative estimate of drug-likeness (QED) is 0.420. The minimum absolute atomic E-state index is 0.00281. The van der Waals surface area contributed by atoms with Crippen molar-refractivity contribution in [1.82, 2.24) is 0 Å². The van der Waals surface area contributed by atoms with Crippen LogP contribution in [0.2, 0.25) is 0 Å². The molecule has 0 spiro atoms. The molecule has 1 unspecified atom stereocenters. The summed E-state index contributed by atoms with van der Waals surface area (Å²) in [4.78, 5) is 0.364. The van der Waals surface area contributed by atoms with Crippen LogP contribution in [0, 0.1) is 12.3 Å². The topological polar surface area (TPSA) is 9.23 Å². The molecule has 1 aliphatic rings. The summed E-state index contributed by atoms with van der Waals surface area (Å²) in [6, 6.07) is 0. The van der Waals surface area contributed by atoms with E-state index in [1.165, 1.54) is 0 Å². The lowest BCUT2D eigenvalue weighted by Crippen LogP contribution is -2.34. The molecule has 0 amide bonds. The molecule has 0 bridgehead atoms. The first-order valence-corrected chi connectivity index (χ1v) is 7.74. The van der Waals surface area contributed by atoms with Gasteiger partial charge < -0.3 is 4.74 Å². The predicted octanol–water partition coefficient (Wildman–Crippen LogP) is 4.45. The maximum atomic E-state index is 6.37. The van der Waals surface area contributed by atoms with Crippen LogP contribution in [0.25, 0.3) is 0 Å². The van der Waals surface area contributed by atoms with Gasteiger partial charge >= 0.3 is 0 Å². The summed E-state index contributed by atoms with van der Waals surface area (Å²) in [7, 11) is 0. The molecule has 0 radical (unpaired) electrons. The summed E-state index contributed by atoms with van der Waals surface area (Å²) in [5, 5.41) is 0.00281. The number of terminal acetylenes is 1. The molecule has 1 heterocycles. The van der Waals surface area contributed by atoms with Crippen molar-refractivity contribution in [2.75, 3.05) is 0 Å². The molecule has 0 fully saturated rings. The minimum Gasteiger partial charge on any atom is -0.372 e. The van der Waals surface area contributed by atoms with Crippen molar-refractivity contribution in [3.05, 3.63) is 24.3 Å². The first kappa shape index (κ1) is 15.8. The van der Waals surface area contributed by atoms with Crippen molar-refractivity contribution in [3.63, 3.8) is 0 Å². The van der Waals surface area contributed by atoms with E-state index in [-0.39, 0.29) is 17.6 Å². The molecule has 0 aromatic heterocycles. The van der Waals surface area contributed by atoms with Crippen LogP contribution < -0.4 is 0 Å². The Hall–Kier alpha value is -0.230. The van der Waals surface area contributed by atoms with Crippen LogP contribution in [-0.4, -0.2) is 22.4 Å². The number of allylic oxidation sites excluding steroid dienone is 2. The molecule has 0 N–H and O–H groups in total. The van der Waals surface area contributed by atoms with E-state index < -0.39 is 0 Å². The molecule has 1 aliphatic heterocycles. The van der Waals surface area contributed by atoms with Crippen molar-refractivity contribution >= 4 is 27.5 Å². The van der Waals surface area contributed by atoms with Crippen LogP contribution in [-0.2, 0) is 4.74 Å². The highest BCUT2D eigenvalue weighted by Crippen LogP contribution is 2.26. The van der Waals surface area contributed by atoms with Crippen LogP contribution in [0.3, 0.4) is 0 Å². The van der Waals surface area contributed by atoms with Crippen molar-refractivity contribution < 1.29 is 4.74 Å². The van der Waals surface area contributed by atoms with E-state index in [1.54, 1.807) is 6.08 Å². The highest BCUT2D eigenvalue weighted by molar-refractivity contribution is 9.09. The van der Waals surface area contributed by atoms with Gasteiger partial charge in [0.2, 0.25) is 0 Å². The largest absolute Gasteiger partial charge is 0.372 e. The zero-order valence-electron chi connectivity index (χ0n) is 10.7. The van der Waals surface area contributed by atoms with E-state index in [0.717, 1.165) is 25.7 Å². The third-order valence-electron chi connectivity index (χ3n) is 3.03. The Morgan fingerprint density at radius 1 is 1.56 bits per heavy atom. The van der Waals surface area contributed by atoms with E-state index in [1.807, 2.05) is 6.08 Å². The highest BCUT2D eigenvalue weighted by atomic mass is 79.9. The molecule has 4 atom stereocenters.